The molecule has 1 saturated heterocycles. The molecule has 1 fully saturated rings. The van der Waals surface area contributed by atoms with E-state index in [1.807, 2.05) is 0 Å². The first-order valence-electron chi connectivity index (χ1n) is 4.54. The van der Waals surface area contributed by atoms with Gasteiger partial charge in [-0.05, 0) is 0 Å². The Morgan fingerprint density at radius 2 is 2.07 bits per heavy atom. The fourth-order valence-electron chi connectivity index (χ4n) is 1.59. The lowest BCUT2D eigenvalue weighted by Crippen LogP contribution is -2.57. The van der Waals surface area contributed by atoms with Gasteiger partial charge in [-0.3, -0.25) is 4.79 Å². The molecule has 2 N–H and O–H groups in total. The number of aliphatic hydroxyl groups excluding tert-OH is 1. The van der Waals surface area contributed by atoms with Gasteiger partial charge in [-0.25, -0.2) is 4.79 Å². The number of piperazine rings is 1. The molecule has 6 nitrogen and oxygen atoms in total. The number of halogens is 1. The molecule has 1 atom stereocenters. The van der Waals surface area contributed by atoms with Gasteiger partial charge in [-0.2, -0.15) is 0 Å². The van der Waals surface area contributed by atoms with Gasteiger partial charge >= 0.3 is 6.09 Å². The zero-order chi connectivity index (χ0) is 11.4. The lowest BCUT2D eigenvalue weighted by molar-refractivity contribution is -0.134. The monoisotopic (exact) mass is 280 g/mol. The molecule has 0 aliphatic carbocycles. The second-order valence-corrected chi connectivity index (χ2v) is 3.85. The summed E-state index contributed by atoms with van der Waals surface area (Å²) >= 11 is 3.05. The number of amides is 2. The molecule has 1 aliphatic rings. The normalized spacial score (nSPS) is 21.6. The van der Waals surface area contributed by atoms with Crippen LogP contribution in [0.15, 0.2) is 0 Å². The van der Waals surface area contributed by atoms with Gasteiger partial charge in [0.1, 0.15) is 0 Å². The Hall–Kier alpha value is -0.820. The Labute approximate surface area is 95.6 Å². The van der Waals surface area contributed by atoms with Crippen LogP contribution in [0.3, 0.4) is 0 Å². The van der Waals surface area contributed by atoms with E-state index < -0.39 is 12.1 Å². The first-order valence-corrected chi connectivity index (χ1v) is 5.66. The summed E-state index contributed by atoms with van der Waals surface area (Å²) in [6.07, 6.45) is -1.01. The van der Waals surface area contributed by atoms with Crippen molar-refractivity contribution in [1.29, 1.82) is 0 Å². The van der Waals surface area contributed by atoms with E-state index in [-0.39, 0.29) is 24.4 Å². The third-order valence-corrected chi connectivity index (χ3v) is 2.88. The van der Waals surface area contributed by atoms with Crippen molar-refractivity contribution in [3.05, 3.63) is 0 Å². The molecule has 0 bridgehead atoms. The fraction of sp³-hybridized carbons (Fsp3) is 0.750. The van der Waals surface area contributed by atoms with Crippen molar-refractivity contribution in [2.24, 2.45) is 0 Å². The van der Waals surface area contributed by atoms with Crippen LogP contribution in [0, 0.1) is 0 Å². The number of aliphatic hydroxyl groups is 1. The lowest BCUT2D eigenvalue weighted by atomic mass is 10.2. The molecule has 1 rings (SSSR count). The second-order valence-electron chi connectivity index (χ2n) is 3.29. The van der Waals surface area contributed by atoms with Gasteiger partial charge in [0, 0.05) is 19.6 Å². The Bertz CT molecular complexity index is 261. The Balaban J connectivity index is 2.64. The van der Waals surface area contributed by atoms with Crippen LogP contribution >= 0.6 is 15.9 Å². The lowest BCUT2D eigenvalue weighted by Gasteiger charge is -2.39. The number of hydrogen-bond acceptors (Lipinski definition) is 3. The maximum absolute atomic E-state index is 11.4. The van der Waals surface area contributed by atoms with E-state index in [0.717, 1.165) is 0 Å². The van der Waals surface area contributed by atoms with Crippen molar-refractivity contribution in [3.63, 3.8) is 0 Å². The minimum Gasteiger partial charge on any atom is -0.465 e. The molecule has 15 heavy (non-hydrogen) atoms. The van der Waals surface area contributed by atoms with Gasteiger partial charge in [0.2, 0.25) is 5.91 Å². The predicted molar refractivity (Wildman–Crippen MR) is 56.0 cm³/mol. The van der Waals surface area contributed by atoms with E-state index in [9.17, 15) is 9.59 Å². The van der Waals surface area contributed by atoms with Crippen LogP contribution in [0.25, 0.3) is 0 Å². The van der Waals surface area contributed by atoms with Gasteiger partial charge in [-0.15, -0.1) is 0 Å². The van der Waals surface area contributed by atoms with E-state index in [1.54, 1.807) is 0 Å². The van der Waals surface area contributed by atoms with Crippen LogP contribution in [-0.2, 0) is 4.79 Å². The molecular weight excluding hydrogens is 268 g/mol. The average molecular weight is 281 g/mol. The number of rotatable bonds is 2. The SMILES string of the molecule is O=C(O)N1CCN(C(=O)CBr)[C@@H](CO)C1. The summed E-state index contributed by atoms with van der Waals surface area (Å²) in [6.45, 7) is 0.583. The molecular formula is C8H13BrN2O4. The summed E-state index contributed by atoms with van der Waals surface area (Å²) in [6, 6.07) is -0.431. The van der Waals surface area contributed by atoms with Crippen LogP contribution in [-0.4, -0.2) is 69.6 Å². The van der Waals surface area contributed by atoms with E-state index >= 15 is 0 Å². The summed E-state index contributed by atoms with van der Waals surface area (Å²) in [5.74, 6) is -0.126. The van der Waals surface area contributed by atoms with E-state index in [2.05, 4.69) is 15.9 Å². The van der Waals surface area contributed by atoms with Crippen molar-refractivity contribution >= 4 is 27.9 Å². The Morgan fingerprint density at radius 3 is 2.53 bits per heavy atom. The molecule has 0 aromatic heterocycles. The summed E-state index contributed by atoms with van der Waals surface area (Å²) in [7, 11) is 0. The highest BCUT2D eigenvalue weighted by molar-refractivity contribution is 9.09. The topological polar surface area (TPSA) is 81.1 Å². The smallest absolute Gasteiger partial charge is 0.407 e. The number of carbonyl (C=O) groups excluding carboxylic acids is 1. The highest BCUT2D eigenvalue weighted by atomic mass is 79.9. The molecule has 1 aliphatic heterocycles. The van der Waals surface area contributed by atoms with Crippen LogP contribution in [0.2, 0.25) is 0 Å². The highest BCUT2D eigenvalue weighted by Gasteiger charge is 2.31. The zero-order valence-electron chi connectivity index (χ0n) is 8.10. The molecule has 2 amide bonds. The average Bonchev–Trinajstić information content (AvgIpc) is 2.27. The minimum absolute atomic E-state index is 0.126. The molecule has 86 valence electrons. The minimum atomic E-state index is -1.01. The zero-order valence-corrected chi connectivity index (χ0v) is 9.68. The van der Waals surface area contributed by atoms with Gasteiger partial charge in [-0.1, -0.05) is 15.9 Å². The Kier molecular flexibility index (Phi) is 4.34. The molecule has 0 aromatic carbocycles. The quantitative estimate of drug-likeness (QED) is 0.673. The Morgan fingerprint density at radius 1 is 1.40 bits per heavy atom. The van der Waals surface area contributed by atoms with Crippen LogP contribution in [0.4, 0.5) is 4.79 Å². The number of carboxylic acid groups (broad SMARTS) is 1. The van der Waals surface area contributed by atoms with Crippen molar-refractivity contribution in [3.8, 4) is 0 Å². The third kappa shape index (κ3) is 2.82. The molecule has 0 unspecified atom stereocenters. The number of carbonyl (C=O) groups is 2. The molecule has 1 heterocycles. The number of hydrogen-bond donors (Lipinski definition) is 2. The largest absolute Gasteiger partial charge is 0.465 e. The maximum atomic E-state index is 11.4. The van der Waals surface area contributed by atoms with Gasteiger partial charge in [0.05, 0.1) is 18.0 Å². The van der Waals surface area contributed by atoms with Crippen molar-refractivity contribution < 1.29 is 19.8 Å². The van der Waals surface area contributed by atoms with Gasteiger partial charge in [0.15, 0.2) is 0 Å². The maximum Gasteiger partial charge on any atom is 0.407 e. The number of nitrogens with zero attached hydrogens (tertiary/aromatic N) is 2. The van der Waals surface area contributed by atoms with E-state index in [1.165, 1.54) is 9.80 Å². The summed E-state index contributed by atoms with van der Waals surface area (Å²) in [4.78, 5) is 24.8. The molecule has 7 heteroatoms. The highest BCUT2D eigenvalue weighted by Crippen LogP contribution is 2.10. The standard InChI is InChI=1S/C8H13BrN2O4/c9-3-7(13)11-2-1-10(8(14)15)4-6(11)5-12/h6,12H,1-5H2,(H,14,15)/t6-/m1/s1. The summed E-state index contributed by atoms with van der Waals surface area (Å²) in [5, 5.41) is 18.0. The van der Waals surface area contributed by atoms with Crippen molar-refractivity contribution in [2.45, 2.75) is 6.04 Å². The van der Waals surface area contributed by atoms with Crippen LogP contribution in [0.1, 0.15) is 0 Å². The van der Waals surface area contributed by atoms with Crippen molar-refractivity contribution in [1.82, 2.24) is 9.80 Å². The van der Waals surface area contributed by atoms with Crippen molar-refractivity contribution in [2.75, 3.05) is 31.6 Å². The predicted octanol–water partition coefficient (Wildman–Crippen LogP) is -0.436. The molecule has 0 saturated carbocycles. The summed E-state index contributed by atoms with van der Waals surface area (Å²) in [5.41, 5.74) is 0. The first kappa shape index (κ1) is 12.3. The fourth-order valence-corrected chi connectivity index (χ4v) is 1.91. The van der Waals surface area contributed by atoms with Gasteiger partial charge in [0.25, 0.3) is 0 Å². The molecule has 0 radical (unpaired) electrons. The molecule has 0 spiro atoms. The summed E-state index contributed by atoms with van der Waals surface area (Å²) < 4.78 is 0. The third-order valence-electron chi connectivity index (χ3n) is 2.40. The second kappa shape index (κ2) is 5.32. The van der Waals surface area contributed by atoms with Gasteiger partial charge < -0.3 is 20.0 Å². The van der Waals surface area contributed by atoms with Crippen LogP contribution in [0.5, 0.6) is 0 Å². The van der Waals surface area contributed by atoms with Crippen LogP contribution < -0.4 is 0 Å². The van der Waals surface area contributed by atoms with E-state index in [0.29, 0.717) is 13.1 Å². The first-order chi connectivity index (χ1) is 7.10. The molecule has 0 aromatic rings. The van der Waals surface area contributed by atoms with E-state index in [4.69, 9.17) is 10.2 Å². The number of alkyl halides is 1.